The molecule has 4 heteroatoms. The highest BCUT2D eigenvalue weighted by atomic mass is 31.1. The Balaban J connectivity index is 1.81. The van der Waals surface area contributed by atoms with E-state index < -0.39 is 0 Å². The Bertz CT molecular complexity index is 1280. The minimum Gasteiger partial charge on any atom is -0.467 e. The van der Waals surface area contributed by atoms with Crippen molar-refractivity contribution in [1.82, 2.24) is 0 Å². The highest BCUT2D eigenvalue weighted by molar-refractivity contribution is 7.49. The second-order valence-electron chi connectivity index (χ2n) is 10.2. The van der Waals surface area contributed by atoms with E-state index in [2.05, 4.69) is 130 Å². The molecule has 0 aliphatic carbocycles. The largest absolute Gasteiger partial charge is 0.467 e. The maximum atomic E-state index is 6.20. The molecular formula is C35H42NO2P. The van der Waals surface area contributed by atoms with Gasteiger partial charge in [0.15, 0.2) is 6.79 Å². The van der Waals surface area contributed by atoms with Crippen molar-refractivity contribution in [2.45, 2.75) is 58.8 Å². The van der Waals surface area contributed by atoms with Crippen molar-refractivity contribution in [2.24, 2.45) is 0 Å². The topological polar surface area (TPSA) is 21.7 Å². The maximum absolute atomic E-state index is 6.20. The molecule has 0 aromatic heterocycles. The summed E-state index contributed by atoms with van der Waals surface area (Å²) in [5, 5.41) is 1.40. The van der Waals surface area contributed by atoms with Crippen molar-refractivity contribution in [1.29, 1.82) is 0 Å². The average molecular weight is 540 g/mol. The number of anilines is 1. The van der Waals surface area contributed by atoms with Gasteiger partial charge in [0.05, 0.1) is 0 Å². The molecule has 0 spiro atoms. The quantitative estimate of drug-likeness (QED) is 0.126. The van der Waals surface area contributed by atoms with E-state index in [1.54, 1.807) is 7.11 Å². The van der Waals surface area contributed by atoms with Crippen LogP contribution in [-0.2, 0) is 23.0 Å². The smallest absolute Gasteiger partial charge is 0.188 e. The monoisotopic (exact) mass is 539 g/mol. The summed E-state index contributed by atoms with van der Waals surface area (Å²) in [6.45, 7) is 11.0. The van der Waals surface area contributed by atoms with Gasteiger partial charge in [-0.1, -0.05) is 113 Å². The molecule has 0 fully saturated rings. The van der Waals surface area contributed by atoms with Crippen LogP contribution in [0, 0.1) is 13.8 Å². The summed E-state index contributed by atoms with van der Waals surface area (Å²) in [6, 6.07) is 35.0. The third-order valence-corrected chi connectivity index (χ3v) is 10.00. The summed E-state index contributed by atoms with van der Waals surface area (Å²) in [5.41, 5.74) is 7.73. The van der Waals surface area contributed by atoms with Gasteiger partial charge >= 0.3 is 0 Å². The molecule has 4 aromatic carbocycles. The van der Waals surface area contributed by atoms with Crippen LogP contribution < -0.4 is 14.9 Å². The van der Waals surface area contributed by atoms with Crippen LogP contribution in [0.25, 0.3) is 0 Å². The molecule has 4 rings (SSSR count). The van der Waals surface area contributed by atoms with Gasteiger partial charge < -0.3 is 14.4 Å². The Kier molecular flexibility index (Phi) is 10.2. The van der Waals surface area contributed by atoms with Crippen molar-refractivity contribution in [3.05, 3.63) is 125 Å². The van der Waals surface area contributed by atoms with E-state index in [4.69, 9.17) is 9.47 Å². The third kappa shape index (κ3) is 6.90. The highest BCUT2D eigenvalue weighted by Crippen LogP contribution is 2.52. The van der Waals surface area contributed by atoms with E-state index in [9.17, 15) is 0 Å². The minimum atomic E-state index is -0.0406. The van der Waals surface area contributed by atoms with Crippen molar-refractivity contribution in [3.8, 4) is 5.75 Å². The first-order chi connectivity index (χ1) is 19.0. The fourth-order valence-corrected chi connectivity index (χ4v) is 7.18. The lowest BCUT2D eigenvalue weighted by Crippen LogP contribution is -2.30. The highest BCUT2D eigenvalue weighted by Gasteiger charge is 2.34. The maximum Gasteiger partial charge on any atom is 0.188 e. The molecule has 0 aliphatic rings. The molecule has 0 radical (unpaired) electrons. The van der Waals surface area contributed by atoms with Gasteiger partial charge in [-0.05, 0) is 60.3 Å². The van der Waals surface area contributed by atoms with Crippen LogP contribution in [0.2, 0.25) is 0 Å². The van der Waals surface area contributed by atoms with Gasteiger partial charge in [-0.3, -0.25) is 0 Å². The Hall–Kier alpha value is -3.13. The molecule has 1 atom stereocenters. The molecule has 39 heavy (non-hydrogen) atoms. The van der Waals surface area contributed by atoms with E-state index in [1.165, 1.54) is 33.2 Å². The molecule has 0 N–H and O–H groups in total. The molecule has 0 saturated heterocycles. The molecule has 3 nitrogen and oxygen atoms in total. The van der Waals surface area contributed by atoms with Crippen LogP contribution in [0.3, 0.4) is 0 Å². The van der Waals surface area contributed by atoms with Gasteiger partial charge in [0.2, 0.25) is 0 Å². The molecule has 0 saturated carbocycles. The third-order valence-electron chi connectivity index (χ3n) is 7.64. The van der Waals surface area contributed by atoms with E-state index >= 15 is 0 Å². The number of nitrogens with zero attached hydrogens (tertiary/aromatic N) is 1. The molecule has 0 bridgehead atoms. The fourth-order valence-electron chi connectivity index (χ4n) is 5.37. The zero-order valence-corrected chi connectivity index (χ0v) is 25.0. The summed E-state index contributed by atoms with van der Waals surface area (Å²) in [4.78, 5) is 2.55. The average Bonchev–Trinajstić information content (AvgIpc) is 2.97. The summed E-state index contributed by atoms with van der Waals surface area (Å²) < 4.78 is 11.5. The van der Waals surface area contributed by atoms with Gasteiger partial charge in [0.1, 0.15) is 5.75 Å². The summed E-state index contributed by atoms with van der Waals surface area (Å²) in [6.07, 6.45) is 2.06. The molecule has 0 aliphatic heterocycles. The van der Waals surface area contributed by atoms with Crippen molar-refractivity contribution in [3.63, 3.8) is 0 Å². The number of methoxy groups -OCH3 is 1. The van der Waals surface area contributed by atoms with Crippen LogP contribution in [0.1, 0.15) is 54.5 Å². The summed E-state index contributed by atoms with van der Waals surface area (Å²) in [7, 11) is 2.27. The van der Waals surface area contributed by atoms with Crippen LogP contribution in [-0.4, -0.2) is 13.9 Å². The first-order valence-corrected chi connectivity index (χ1v) is 14.9. The van der Waals surface area contributed by atoms with Gasteiger partial charge in [0.25, 0.3) is 0 Å². The summed E-state index contributed by atoms with van der Waals surface area (Å²) in [5.74, 6) is 0.969. The number of ether oxygens (including phenoxy) is 2. The molecule has 204 valence electrons. The minimum absolute atomic E-state index is 0.0406. The lowest BCUT2D eigenvalue weighted by Gasteiger charge is -2.37. The Labute approximate surface area is 237 Å². The Morgan fingerprint density at radius 3 is 1.82 bits per heavy atom. The van der Waals surface area contributed by atoms with E-state index in [-0.39, 0.29) is 11.9 Å². The van der Waals surface area contributed by atoms with Gasteiger partial charge in [0, 0.05) is 36.6 Å². The number of rotatable bonds is 13. The zero-order valence-electron chi connectivity index (χ0n) is 24.0. The van der Waals surface area contributed by atoms with Crippen LogP contribution in [0.4, 0.5) is 5.69 Å². The first-order valence-electron chi connectivity index (χ1n) is 13.9. The van der Waals surface area contributed by atoms with Gasteiger partial charge in [-0.25, -0.2) is 0 Å². The van der Waals surface area contributed by atoms with Crippen LogP contribution in [0.15, 0.2) is 97.1 Å². The summed E-state index contributed by atoms with van der Waals surface area (Å²) >= 11 is 0. The number of benzene rings is 4. The fraction of sp³-hybridized carbons (Fsp3) is 0.314. The molecule has 0 heterocycles. The number of para-hydroxylation sites is 1. The van der Waals surface area contributed by atoms with E-state index in [1.807, 2.05) is 0 Å². The standard InChI is InChI=1S/C35H42NO2P/c1-6-35(7-2,31-22-14-16-27(3)33(31)38-26-37-5)39-34-28(4)17-15-23-32(34)36(24-29-18-10-8-11-19-29)25-30-20-12-9-13-21-30/h8-23,39H,6-7,24-26H2,1-5H3. The number of hydrogen-bond donors (Lipinski definition) is 0. The second kappa shape index (κ2) is 13.8. The van der Waals surface area contributed by atoms with Crippen LogP contribution >= 0.6 is 8.58 Å². The number of hydrogen-bond acceptors (Lipinski definition) is 3. The SMILES string of the molecule is CCC(CC)(Pc1c(C)cccc1N(Cc1ccccc1)Cc1ccccc1)c1cccc(C)c1OCOC. The number of aryl methyl sites for hydroxylation is 2. The van der Waals surface area contributed by atoms with Crippen molar-refractivity contribution < 1.29 is 9.47 Å². The van der Waals surface area contributed by atoms with Crippen molar-refractivity contribution in [2.75, 3.05) is 18.8 Å². The predicted molar refractivity (Wildman–Crippen MR) is 168 cm³/mol. The van der Waals surface area contributed by atoms with Crippen molar-refractivity contribution >= 4 is 19.6 Å². The van der Waals surface area contributed by atoms with Gasteiger partial charge in [-0.2, -0.15) is 0 Å². The zero-order chi connectivity index (χ0) is 27.7. The molecule has 1 unspecified atom stereocenters. The van der Waals surface area contributed by atoms with Crippen LogP contribution in [0.5, 0.6) is 5.75 Å². The second-order valence-corrected chi connectivity index (χ2v) is 11.9. The lowest BCUT2D eigenvalue weighted by atomic mass is 9.90. The Morgan fingerprint density at radius 2 is 1.26 bits per heavy atom. The molecule has 0 amide bonds. The predicted octanol–water partition coefficient (Wildman–Crippen LogP) is 8.51. The normalized spacial score (nSPS) is 11.7. The Morgan fingerprint density at radius 1 is 0.692 bits per heavy atom. The van der Waals surface area contributed by atoms with Gasteiger partial charge in [-0.15, -0.1) is 0 Å². The lowest BCUT2D eigenvalue weighted by molar-refractivity contribution is 0.0494. The van der Waals surface area contributed by atoms with E-state index in [0.717, 1.165) is 37.2 Å². The molecule has 4 aromatic rings. The molecular weight excluding hydrogens is 497 g/mol. The van der Waals surface area contributed by atoms with E-state index in [0.29, 0.717) is 8.58 Å². The first kappa shape index (κ1) is 28.9.